The van der Waals surface area contributed by atoms with E-state index in [4.69, 9.17) is 19.3 Å². The van der Waals surface area contributed by atoms with Gasteiger partial charge in [0, 0.05) is 4.88 Å². The zero-order valence-corrected chi connectivity index (χ0v) is 11.9. The molecule has 0 spiro atoms. The molecule has 106 valence electrons. The van der Waals surface area contributed by atoms with Crippen LogP contribution in [0.4, 0.5) is 0 Å². The monoisotopic (exact) mass is 294 g/mol. The molecule has 1 heterocycles. The Labute approximate surface area is 120 Å². The van der Waals surface area contributed by atoms with E-state index < -0.39 is 5.97 Å². The average molecular weight is 294 g/mol. The van der Waals surface area contributed by atoms with Gasteiger partial charge in [0.1, 0.15) is 11.5 Å². The molecule has 0 saturated heterocycles. The highest BCUT2D eigenvalue weighted by molar-refractivity contribution is 7.13. The number of hydrogen-bond acceptors (Lipinski definition) is 5. The summed E-state index contributed by atoms with van der Waals surface area (Å²) in [6, 6.07) is 8.64. The van der Waals surface area contributed by atoms with E-state index in [0.29, 0.717) is 17.2 Å². The molecule has 1 aromatic heterocycles. The van der Waals surface area contributed by atoms with Gasteiger partial charge in [-0.15, -0.1) is 11.3 Å². The summed E-state index contributed by atoms with van der Waals surface area (Å²) < 4.78 is 16.1. The lowest BCUT2D eigenvalue weighted by Gasteiger charge is -2.13. The smallest absolute Gasteiger partial charge is 0.345 e. The Morgan fingerprint density at radius 2 is 1.80 bits per heavy atom. The van der Waals surface area contributed by atoms with Crippen LogP contribution in [0.5, 0.6) is 17.2 Å². The third-order valence-electron chi connectivity index (χ3n) is 2.61. The largest absolute Gasteiger partial charge is 0.493 e. The molecule has 1 aromatic carbocycles. The van der Waals surface area contributed by atoms with Crippen molar-refractivity contribution in [2.45, 2.75) is 6.61 Å². The average Bonchev–Trinajstić information content (AvgIpc) is 2.93. The molecule has 1 N–H and O–H groups in total. The number of benzene rings is 1. The first-order valence-electron chi connectivity index (χ1n) is 5.81. The first-order chi connectivity index (χ1) is 9.65. The van der Waals surface area contributed by atoms with E-state index in [9.17, 15) is 4.79 Å². The molecule has 0 unspecified atom stereocenters. The lowest BCUT2D eigenvalue weighted by molar-refractivity contribution is 0.0702. The van der Waals surface area contributed by atoms with Crippen LogP contribution in [-0.4, -0.2) is 25.3 Å². The molecule has 5 nitrogen and oxygen atoms in total. The maximum absolute atomic E-state index is 10.8. The van der Waals surface area contributed by atoms with Crippen LogP contribution in [-0.2, 0) is 6.61 Å². The highest BCUT2D eigenvalue weighted by atomic mass is 32.1. The normalized spacial score (nSPS) is 10.1. The van der Waals surface area contributed by atoms with Gasteiger partial charge < -0.3 is 19.3 Å². The van der Waals surface area contributed by atoms with Crippen molar-refractivity contribution >= 4 is 17.3 Å². The zero-order valence-electron chi connectivity index (χ0n) is 11.1. The summed E-state index contributed by atoms with van der Waals surface area (Å²) in [7, 11) is 3.10. The topological polar surface area (TPSA) is 65.0 Å². The SMILES string of the molecule is COc1cccc(OC)c1OCc1ccc(C(=O)O)s1. The standard InChI is InChI=1S/C14H14O5S/c1-17-10-4-3-5-11(18-2)13(10)19-8-9-6-7-12(20-9)14(15)16/h3-7H,8H2,1-2H3,(H,15,16). The van der Waals surface area contributed by atoms with Crippen LogP contribution in [0.25, 0.3) is 0 Å². The molecule has 20 heavy (non-hydrogen) atoms. The molecule has 0 amide bonds. The van der Waals surface area contributed by atoms with Gasteiger partial charge in [0.2, 0.25) is 5.75 Å². The summed E-state index contributed by atoms with van der Waals surface area (Å²) in [6.07, 6.45) is 0. The summed E-state index contributed by atoms with van der Waals surface area (Å²) in [5.74, 6) is 0.706. The fourth-order valence-electron chi connectivity index (χ4n) is 1.67. The number of carboxylic acid groups (broad SMARTS) is 1. The van der Waals surface area contributed by atoms with Crippen molar-refractivity contribution in [1.29, 1.82) is 0 Å². The van der Waals surface area contributed by atoms with Gasteiger partial charge in [-0.25, -0.2) is 4.79 Å². The maximum atomic E-state index is 10.8. The van der Waals surface area contributed by atoms with E-state index in [1.165, 1.54) is 11.3 Å². The van der Waals surface area contributed by atoms with Crippen LogP contribution in [0.1, 0.15) is 14.5 Å². The van der Waals surface area contributed by atoms with Gasteiger partial charge >= 0.3 is 5.97 Å². The highest BCUT2D eigenvalue weighted by Gasteiger charge is 2.13. The third kappa shape index (κ3) is 3.03. The molecule has 6 heteroatoms. The van der Waals surface area contributed by atoms with Gasteiger partial charge in [-0.1, -0.05) is 6.07 Å². The molecule has 0 aliphatic rings. The second-order valence-corrected chi connectivity index (χ2v) is 5.02. The van der Waals surface area contributed by atoms with Gasteiger partial charge in [-0.3, -0.25) is 0 Å². The van der Waals surface area contributed by atoms with Crippen molar-refractivity contribution in [2.75, 3.05) is 14.2 Å². The van der Waals surface area contributed by atoms with Crippen molar-refractivity contribution < 1.29 is 24.1 Å². The molecule has 2 rings (SSSR count). The molecule has 0 aliphatic carbocycles. The van der Waals surface area contributed by atoms with Crippen LogP contribution in [0.2, 0.25) is 0 Å². The van der Waals surface area contributed by atoms with Crippen LogP contribution in [0, 0.1) is 0 Å². The van der Waals surface area contributed by atoms with E-state index >= 15 is 0 Å². The van der Waals surface area contributed by atoms with Gasteiger partial charge in [-0.2, -0.15) is 0 Å². The summed E-state index contributed by atoms with van der Waals surface area (Å²) >= 11 is 1.18. The number of carbonyl (C=O) groups is 1. The number of hydrogen-bond donors (Lipinski definition) is 1. The fraction of sp³-hybridized carbons (Fsp3) is 0.214. The minimum atomic E-state index is -0.934. The lowest BCUT2D eigenvalue weighted by atomic mass is 10.3. The number of para-hydroxylation sites is 1. The highest BCUT2D eigenvalue weighted by Crippen LogP contribution is 2.37. The van der Waals surface area contributed by atoms with Gasteiger partial charge in [-0.05, 0) is 24.3 Å². The molecule has 0 aliphatic heterocycles. The Hall–Kier alpha value is -2.21. The number of ether oxygens (including phenoxy) is 3. The van der Waals surface area contributed by atoms with E-state index in [1.807, 2.05) is 0 Å². The summed E-state index contributed by atoms with van der Waals surface area (Å²) in [6.45, 7) is 0.259. The molecule has 0 atom stereocenters. The Bertz CT molecular complexity index is 583. The fourth-order valence-corrected chi connectivity index (χ4v) is 2.43. The molecule has 0 saturated carbocycles. The summed E-state index contributed by atoms with van der Waals surface area (Å²) in [5.41, 5.74) is 0. The second kappa shape index (κ2) is 6.29. The van der Waals surface area contributed by atoms with E-state index in [-0.39, 0.29) is 11.5 Å². The van der Waals surface area contributed by atoms with Crippen LogP contribution in [0.15, 0.2) is 30.3 Å². The van der Waals surface area contributed by atoms with E-state index in [0.717, 1.165) is 4.88 Å². The molecule has 0 fully saturated rings. The van der Waals surface area contributed by atoms with Crippen molar-refractivity contribution in [1.82, 2.24) is 0 Å². The Kier molecular flexibility index (Phi) is 4.47. The molecule has 0 bridgehead atoms. The van der Waals surface area contributed by atoms with Gasteiger partial charge in [0.15, 0.2) is 11.5 Å². The predicted molar refractivity (Wildman–Crippen MR) is 75.2 cm³/mol. The van der Waals surface area contributed by atoms with Crippen LogP contribution >= 0.6 is 11.3 Å². The van der Waals surface area contributed by atoms with Gasteiger partial charge in [0.25, 0.3) is 0 Å². The van der Waals surface area contributed by atoms with Crippen LogP contribution < -0.4 is 14.2 Å². The third-order valence-corrected chi connectivity index (χ3v) is 3.66. The molecule has 0 radical (unpaired) electrons. The second-order valence-electron chi connectivity index (χ2n) is 3.85. The van der Waals surface area contributed by atoms with Crippen molar-refractivity contribution in [2.24, 2.45) is 0 Å². The van der Waals surface area contributed by atoms with Gasteiger partial charge in [0.05, 0.1) is 14.2 Å². The lowest BCUT2D eigenvalue weighted by Crippen LogP contribution is -1.98. The first kappa shape index (κ1) is 14.2. The number of thiophene rings is 1. The van der Waals surface area contributed by atoms with Crippen molar-refractivity contribution in [3.63, 3.8) is 0 Å². The minimum Gasteiger partial charge on any atom is -0.493 e. The quantitative estimate of drug-likeness (QED) is 0.887. The number of rotatable bonds is 6. The predicted octanol–water partition coefficient (Wildman–Crippen LogP) is 3.04. The maximum Gasteiger partial charge on any atom is 0.345 e. The number of carboxylic acids is 1. The molecular weight excluding hydrogens is 280 g/mol. The number of methoxy groups -OCH3 is 2. The zero-order chi connectivity index (χ0) is 14.5. The summed E-state index contributed by atoms with van der Waals surface area (Å²) in [4.78, 5) is 11.9. The first-order valence-corrected chi connectivity index (χ1v) is 6.63. The Balaban J connectivity index is 2.15. The van der Waals surface area contributed by atoms with E-state index in [1.54, 1.807) is 44.6 Å². The van der Waals surface area contributed by atoms with Crippen molar-refractivity contribution in [3.8, 4) is 17.2 Å². The Morgan fingerprint density at radius 3 is 2.30 bits per heavy atom. The minimum absolute atomic E-state index is 0.259. The summed E-state index contributed by atoms with van der Waals surface area (Å²) in [5, 5.41) is 8.88. The molecular formula is C14H14O5S. The number of aromatic carboxylic acids is 1. The Morgan fingerprint density at radius 1 is 1.15 bits per heavy atom. The molecule has 2 aromatic rings. The van der Waals surface area contributed by atoms with Crippen molar-refractivity contribution in [3.05, 3.63) is 40.1 Å². The van der Waals surface area contributed by atoms with Crippen LogP contribution in [0.3, 0.4) is 0 Å². The van der Waals surface area contributed by atoms with E-state index in [2.05, 4.69) is 0 Å².